The number of hydrogen-bond acceptors (Lipinski definition) is 2. The molecule has 2 nitrogen and oxygen atoms in total. The van der Waals surface area contributed by atoms with Crippen LogP contribution in [0.15, 0.2) is 30.3 Å². The molecule has 1 aromatic carbocycles. The molecule has 2 rings (SSSR count). The van der Waals surface area contributed by atoms with Crippen molar-refractivity contribution in [2.45, 2.75) is 38.6 Å². The second kappa shape index (κ2) is 7.55. The number of benzene rings is 1. The van der Waals surface area contributed by atoms with Gasteiger partial charge in [-0.25, -0.2) is 0 Å². The largest absolute Gasteiger partial charge is 0.309 e. The van der Waals surface area contributed by atoms with Gasteiger partial charge in [0.05, 0.1) is 0 Å². The van der Waals surface area contributed by atoms with E-state index in [1.54, 1.807) is 0 Å². The minimum atomic E-state index is 0.510. The van der Waals surface area contributed by atoms with Crippen LogP contribution in [0.4, 0.5) is 0 Å². The standard InChI is InChI=1S/C16H26N2/c1-2-3-7-12-18-13-8-11-17-16(14-18)15-9-5-4-6-10-15/h4-6,9-10,16-17H,2-3,7-8,11-14H2,1H3. The molecule has 1 heterocycles. The summed E-state index contributed by atoms with van der Waals surface area (Å²) in [7, 11) is 0. The molecule has 1 N–H and O–H groups in total. The maximum atomic E-state index is 3.68. The molecule has 1 atom stereocenters. The maximum absolute atomic E-state index is 3.68. The van der Waals surface area contributed by atoms with Crippen LogP contribution in [0.3, 0.4) is 0 Å². The lowest BCUT2D eigenvalue weighted by molar-refractivity contribution is 0.263. The van der Waals surface area contributed by atoms with Crippen molar-refractivity contribution < 1.29 is 0 Å². The van der Waals surface area contributed by atoms with E-state index in [1.807, 2.05) is 0 Å². The average molecular weight is 246 g/mol. The summed E-state index contributed by atoms with van der Waals surface area (Å²) >= 11 is 0. The topological polar surface area (TPSA) is 15.3 Å². The summed E-state index contributed by atoms with van der Waals surface area (Å²) < 4.78 is 0. The summed E-state index contributed by atoms with van der Waals surface area (Å²) in [4.78, 5) is 2.63. The van der Waals surface area contributed by atoms with Crippen molar-refractivity contribution in [3.8, 4) is 0 Å². The fraction of sp³-hybridized carbons (Fsp3) is 0.625. The van der Waals surface area contributed by atoms with Crippen molar-refractivity contribution in [1.29, 1.82) is 0 Å². The van der Waals surface area contributed by atoms with Crippen LogP contribution in [0, 0.1) is 0 Å². The number of rotatable bonds is 5. The first kappa shape index (κ1) is 13.6. The number of hydrogen-bond donors (Lipinski definition) is 1. The van der Waals surface area contributed by atoms with Gasteiger partial charge in [0, 0.05) is 12.6 Å². The lowest BCUT2D eigenvalue weighted by Gasteiger charge is -2.24. The Morgan fingerprint density at radius 1 is 1.22 bits per heavy atom. The van der Waals surface area contributed by atoms with Gasteiger partial charge >= 0.3 is 0 Å². The Bertz CT molecular complexity index is 323. The van der Waals surface area contributed by atoms with Crippen molar-refractivity contribution in [1.82, 2.24) is 10.2 Å². The summed E-state index contributed by atoms with van der Waals surface area (Å²) in [6.07, 6.45) is 5.29. The van der Waals surface area contributed by atoms with Gasteiger partial charge in [0.2, 0.25) is 0 Å². The Hall–Kier alpha value is -0.860. The summed E-state index contributed by atoms with van der Waals surface area (Å²) in [6.45, 7) is 7.09. The van der Waals surface area contributed by atoms with Gasteiger partial charge in [-0.2, -0.15) is 0 Å². The van der Waals surface area contributed by atoms with Crippen LogP contribution in [-0.2, 0) is 0 Å². The van der Waals surface area contributed by atoms with E-state index < -0.39 is 0 Å². The minimum Gasteiger partial charge on any atom is -0.309 e. The van der Waals surface area contributed by atoms with Crippen LogP contribution in [0.25, 0.3) is 0 Å². The first-order chi connectivity index (χ1) is 8.90. The molecule has 1 aliphatic rings. The molecule has 100 valence electrons. The van der Waals surface area contributed by atoms with E-state index in [0.29, 0.717) is 6.04 Å². The third kappa shape index (κ3) is 4.11. The SMILES string of the molecule is CCCCCN1CCCNC(c2ccccc2)C1. The smallest absolute Gasteiger partial charge is 0.0449 e. The Labute approximate surface area is 111 Å². The summed E-state index contributed by atoms with van der Waals surface area (Å²) in [6, 6.07) is 11.4. The summed E-state index contributed by atoms with van der Waals surface area (Å²) in [5, 5.41) is 3.68. The Morgan fingerprint density at radius 3 is 2.83 bits per heavy atom. The molecule has 1 aromatic rings. The highest BCUT2D eigenvalue weighted by molar-refractivity contribution is 5.19. The fourth-order valence-corrected chi connectivity index (χ4v) is 2.69. The fourth-order valence-electron chi connectivity index (χ4n) is 2.69. The first-order valence-corrected chi connectivity index (χ1v) is 7.41. The van der Waals surface area contributed by atoms with Gasteiger partial charge in [-0.3, -0.25) is 0 Å². The molecule has 1 unspecified atom stereocenters. The average Bonchev–Trinajstić information content (AvgIpc) is 2.66. The van der Waals surface area contributed by atoms with Crippen molar-refractivity contribution in [3.63, 3.8) is 0 Å². The van der Waals surface area contributed by atoms with E-state index in [2.05, 4.69) is 47.5 Å². The van der Waals surface area contributed by atoms with Gasteiger partial charge in [0.1, 0.15) is 0 Å². The molecule has 0 aliphatic carbocycles. The molecule has 0 aromatic heterocycles. The molecule has 1 aliphatic heterocycles. The molecule has 0 amide bonds. The highest BCUT2D eigenvalue weighted by Gasteiger charge is 2.18. The Balaban J connectivity index is 1.91. The molecule has 18 heavy (non-hydrogen) atoms. The van der Waals surface area contributed by atoms with E-state index in [1.165, 1.54) is 44.3 Å². The van der Waals surface area contributed by atoms with Gasteiger partial charge in [0.15, 0.2) is 0 Å². The monoisotopic (exact) mass is 246 g/mol. The lowest BCUT2D eigenvalue weighted by atomic mass is 10.1. The van der Waals surface area contributed by atoms with Crippen LogP contribution in [0.2, 0.25) is 0 Å². The van der Waals surface area contributed by atoms with Gasteiger partial charge in [-0.1, -0.05) is 50.1 Å². The van der Waals surface area contributed by atoms with Crippen molar-refractivity contribution in [2.24, 2.45) is 0 Å². The third-order valence-corrected chi connectivity index (χ3v) is 3.76. The van der Waals surface area contributed by atoms with Crippen molar-refractivity contribution in [3.05, 3.63) is 35.9 Å². The predicted octanol–water partition coefficient (Wildman–Crippen LogP) is 3.21. The van der Waals surface area contributed by atoms with E-state index in [0.717, 1.165) is 13.1 Å². The van der Waals surface area contributed by atoms with Gasteiger partial charge in [-0.05, 0) is 38.0 Å². The zero-order valence-electron chi connectivity index (χ0n) is 11.6. The van der Waals surface area contributed by atoms with E-state index >= 15 is 0 Å². The van der Waals surface area contributed by atoms with Gasteiger partial charge in [-0.15, -0.1) is 0 Å². The second-order valence-electron chi connectivity index (χ2n) is 5.28. The molecule has 0 spiro atoms. The second-order valence-corrected chi connectivity index (χ2v) is 5.28. The third-order valence-electron chi connectivity index (χ3n) is 3.76. The zero-order valence-corrected chi connectivity index (χ0v) is 11.6. The van der Waals surface area contributed by atoms with E-state index in [-0.39, 0.29) is 0 Å². The number of unbranched alkanes of at least 4 members (excludes halogenated alkanes) is 2. The van der Waals surface area contributed by atoms with Crippen LogP contribution < -0.4 is 5.32 Å². The lowest BCUT2D eigenvalue weighted by Crippen LogP contribution is -2.32. The van der Waals surface area contributed by atoms with E-state index in [4.69, 9.17) is 0 Å². The minimum absolute atomic E-state index is 0.510. The first-order valence-electron chi connectivity index (χ1n) is 7.41. The van der Waals surface area contributed by atoms with Crippen LogP contribution >= 0.6 is 0 Å². The van der Waals surface area contributed by atoms with Crippen molar-refractivity contribution >= 4 is 0 Å². The Morgan fingerprint density at radius 2 is 2.06 bits per heavy atom. The zero-order chi connectivity index (χ0) is 12.6. The Kier molecular flexibility index (Phi) is 5.69. The quantitative estimate of drug-likeness (QED) is 0.803. The molecule has 1 saturated heterocycles. The number of nitrogens with zero attached hydrogens (tertiary/aromatic N) is 1. The molecule has 0 radical (unpaired) electrons. The summed E-state index contributed by atoms with van der Waals surface area (Å²) in [5.74, 6) is 0. The van der Waals surface area contributed by atoms with Crippen LogP contribution in [0.1, 0.15) is 44.2 Å². The normalized spacial score (nSPS) is 21.7. The van der Waals surface area contributed by atoms with Crippen molar-refractivity contribution in [2.75, 3.05) is 26.2 Å². The van der Waals surface area contributed by atoms with Crippen LogP contribution in [-0.4, -0.2) is 31.1 Å². The molecule has 2 heteroatoms. The highest BCUT2D eigenvalue weighted by Crippen LogP contribution is 2.17. The van der Waals surface area contributed by atoms with E-state index in [9.17, 15) is 0 Å². The highest BCUT2D eigenvalue weighted by atomic mass is 15.2. The predicted molar refractivity (Wildman–Crippen MR) is 77.8 cm³/mol. The molecule has 0 bridgehead atoms. The maximum Gasteiger partial charge on any atom is 0.0449 e. The number of nitrogens with one attached hydrogen (secondary N) is 1. The molecular weight excluding hydrogens is 220 g/mol. The van der Waals surface area contributed by atoms with Gasteiger partial charge < -0.3 is 10.2 Å². The molecular formula is C16H26N2. The summed E-state index contributed by atoms with van der Waals surface area (Å²) in [5.41, 5.74) is 1.43. The van der Waals surface area contributed by atoms with Crippen LogP contribution in [0.5, 0.6) is 0 Å². The molecule has 1 fully saturated rings. The molecule has 0 saturated carbocycles. The van der Waals surface area contributed by atoms with Gasteiger partial charge in [0.25, 0.3) is 0 Å².